The lowest BCUT2D eigenvalue weighted by molar-refractivity contribution is 0.00926. The monoisotopic (exact) mass is 642 g/mol. The molecule has 2 atom stereocenters. The number of fused-ring (bicyclic) bond motifs is 2. The molecule has 3 aromatic rings. The molecule has 2 aromatic heterocycles. The maximum Gasteiger partial charge on any atom is 0.320 e. The van der Waals surface area contributed by atoms with Crippen molar-refractivity contribution in [2.45, 2.75) is 64.1 Å². The summed E-state index contributed by atoms with van der Waals surface area (Å²) in [6.45, 7) is 11.3. The number of nitrogens with one attached hydrogen (secondary N) is 2. The van der Waals surface area contributed by atoms with E-state index in [2.05, 4.69) is 71.2 Å². The fourth-order valence-electron chi connectivity index (χ4n) is 7.09. The van der Waals surface area contributed by atoms with E-state index in [0.29, 0.717) is 11.5 Å². The standard InChI is InChI=1S/C35H50N10O2/c1-34(2,3)29(36)21-30(37-4)39-32(46)38-27-12-13-28(26-10-8-7-9-25(26)27)47-24-11-14-31-40-41-33(45(31)22-24)44-17-15-35(16-18-44)23-42(5)19-20-43(35)6/h7-11,14,21-22,27-28H,12-13,15-20,23,36H2,1-6H3,(H2,37,38,39,46)/t27-,28+/m0/s1. The van der Waals surface area contributed by atoms with E-state index in [4.69, 9.17) is 10.5 Å². The smallest absolute Gasteiger partial charge is 0.320 e. The van der Waals surface area contributed by atoms with Crippen molar-refractivity contribution >= 4 is 23.5 Å². The summed E-state index contributed by atoms with van der Waals surface area (Å²) in [5, 5.41) is 15.1. The zero-order valence-electron chi connectivity index (χ0n) is 28.7. The number of carbonyl (C=O) groups excluding carboxylic acids is 1. The van der Waals surface area contributed by atoms with Crippen LogP contribution in [0.5, 0.6) is 5.75 Å². The summed E-state index contributed by atoms with van der Waals surface area (Å²) in [5.74, 6) is 2.04. The summed E-state index contributed by atoms with van der Waals surface area (Å²) in [6.07, 6.45) is 7.24. The molecule has 1 aliphatic carbocycles. The number of hydrogen-bond donors (Lipinski definition) is 3. The molecule has 1 aromatic carbocycles. The quantitative estimate of drug-likeness (QED) is 0.280. The molecular formula is C35H50N10O2. The normalized spacial score (nSPS) is 22.7. The van der Waals surface area contributed by atoms with Gasteiger partial charge in [0.25, 0.3) is 0 Å². The molecule has 252 valence electrons. The minimum atomic E-state index is -0.320. The van der Waals surface area contributed by atoms with Gasteiger partial charge in [0, 0.05) is 56.4 Å². The number of nitrogens with two attached hydrogens (primary N) is 1. The fraction of sp³-hybridized carbons (Fsp3) is 0.543. The molecule has 2 amide bonds. The molecule has 1 spiro atoms. The number of piperazine rings is 1. The van der Waals surface area contributed by atoms with E-state index < -0.39 is 0 Å². The topological polar surface area (TPSA) is 129 Å². The molecule has 4 heterocycles. The molecular weight excluding hydrogens is 592 g/mol. The molecule has 2 saturated heterocycles. The first-order valence-electron chi connectivity index (χ1n) is 16.7. The summed E-state index contributed by atoms with van der Waals surface area (Å²) in [5.41, 5.74) is 9.77. The van der Waals surface area contributed by atoms with Crippen molar-refractivity contribution in [1.82, 2.24) is 35.0 Å². The summed E-state index contributed by atoms with van der Waals surface area (Å²) >= 11 is 0. The first kappa shape index (κ1) is 32.8. The van der Waals surface area contributed by atoms with Gasteiger partial charge < -0.3 is 25.6 Å². The van der Waals surface area contributed by atoms with Crippen LogP contribution in [0, 0.1) is 5.41 Å². The number of carbonyl (C=O) groups is 1. The van der Waals surface area contributed by atoms with Gasteiger partial charge in [-0.25, -0.2) is 4.79 Å². The van der Waals surface area contributed by atoms with Gasteiger partial charge in [0.15, 0.2) is 5.65 Å². The third-order valence-corrected chi connectivity index (χ3v) is 10.2. The number of amidine groups is 1. The van der Waals surface area contributed by atoms with Crippen LogP contribution in [0.2, 0.25) is 0 Å². The van der Waals surface area contributed by atoms with Gasteiger partial charge in [-0.15, -0.1) is 10.2 Å². The van der Waals surface area contributed by atoms with E-state index >= 15 is 0 Å². The minimum Gasteiger partial charge on any atom is -0.484 e. The lowest BCUT2D eigenvalue weighted by Gasteiger charge is -2.52. The van der Waals surface area contributed by atoms with Crippen LogP contribution in [0.4, 0.5) is 10.7 Å². The largest absolute Gasteiger partial charge is 0.484 e. The van der Waals surface area contributed by atoms with E-state index in [0.717, 1.165) is 86.9 Å². The minimum absolute atomic E-state index is 0.152. The highest BCUT2D eigenvalue weighted by Crippen LogP contribution is 2.39. The van der Waals surface area contributed by atoms with E-state index in [9.17, 15) is 4.79 Å². The number of likely N-dealkylation sites (N-methyl/N-ethyl adjacent to an activating group) is 2. The van der Waals surface area contributed by atoms with Crippen LogP contribution in [0.3, 0.4) is 0 Å². The number of rotatable bonds is 5. The van der Waals surface area contributed by atoms with Crippen LogP contribution in [0.1, 0.15) is 69.7 Å². The molecule has 12 heteroatoms. The number of amides is 2. The van der Waals surface area contributed by atoms with Crippen molar-refractivity contribution in [2.24, 2.45) is 16.1 Å². The van der Waals surface area contributed by atoms with Crippen LogP contribution in [-0.2, 0) is 0 Å². The molecule has 0 bridgehead atoms. The molecule has 12 nitrogen and oxygen atoms in total. The van der Waals surface area contributed by atoms with Gasteiger partial charge in [0.1, 0.15) is 17.7 Å². The van der Waals surface area contributed by atoms with Crippen molar-refractivity contribution in [2.75, 3.05) is 58.8 Å². The van der Waals surface area contributed by atoms with Crippen molar-refractivity contribution < 1.29 is 9.53 Å². The third kappa shape index (κ3) is 6.94. The van der Waals surface area contributed by atoms with Gasteiger partial charge in [-0.3, -0.25) is 19.6 Å². The number of hydrogen-bond acceptors (Lipinski definition) is 9. The maximum atomic E-state index is 13.0. The molecule has 0 radical (unpaired) electrons. The number of nitrogens with zero attached hydrogens (tertiary/aromatic N) is 7. The number of urea groups is 1. The second-order valence-electron chi connectivity index (χ2n) is 14.4. The van der Waals surface area contributed by atoms with E-state index in [1.165, 1.54) is 0 Å². The maximum absolute atomic E-state index is 13.0. The van der Waals surface area contributed by atoms with Crippen molar-refractivity contribution in [3.8, 4) is 5.75 Å². The van der Waals surface area contributed by atoms with Gasteiger partial charge in [-0.05, 0) is 69.1 Å². The van der Waals surface area contributed by atoms with E-state index in [1.54, 1.807) is 13.1 Å². The number of aliphatic imine (C=N–C) groups is 1. The van der Waals surface area contributed by atoms with Crippen LogP contribution in [-0.4, -0.2) is 95.7 Å². The summed E-state index contributed by atoms with van der Waals surface area (Å²) in [6, 6.07) is 11.6. The van der Waals surface area contributed by atoms with Gasteiger partial charge in [0.2, 0.25) is 5.95 Å². The molecule has 0 saturated carbocycles. The predicted molar refractivity (Wildman–Crippen MR) is 186 cm³/mol. The molecule has 6 rings (SSSR count). The Kier molecular flexibility index (Phi) is 9.17. The number of pyridine rings is 1. The second kappa shape index (κ2) is 13.2. The van der Waals surface area contributed by atoms with Crippen LogP contribution in [0.25, 0.3) is 5.65 Å². The Morgan fingerprint density at radius 1 is 1.04 bits per heavy atom. The Balaban J connectivity index is 1.14. The van der Waals surface area contributed by atoms with Crippen molar-refractivity contribution in [3.63, 3.8) is 0 Å². The highest BCUT2D eigenvalue weighted by atomic mass is 16.5. The molecule has 0 unspecified atom stereocenters. The van der Waals surface area contributed by atoms with Crippen LogP contribution < -0.4 is 26.0 Å². The summed E-state index contributed by atoms with van der Waals surface area (Å²) in [4.78, 5) is 24.6. The lowest BCUT2D eigenvalue weighted by Crippen LogP contribution is -2.63. The molecule has 47 heavy (non-hydrogen) atoms. The first-order valence-corrected chi connectivity index (χ1v) is 16.7. The Labute approximate surface area is 278 Å². The van der Waals surface area contributed by atoms with Crippen molar-refractivity contribution in [3.05, 3.63) is 65.5 Å². The number of allylic oxidation sites excluding steroid dienone is 1. The second-order valence-corrected chi connectivity index (χ2v) is 14.4. The van der Waals surface area contributed by atoms with Crippen molar-refractivity contribution in [1.29, 1.82) is 0 Å². The highest BCUT2D eigenvalue weighted by molar-refractivity contribution is 6.04. The number of benzene rings is 1. The third-order valence-electron chi connectivity index (χ3n) is 10.2. The Morgan fingerprint density at radius 2 is 1.79 bits per heavy atom. The molecule has 2 fully saturated rings. The van der Waals surface area contributed by atoms with E-state index in [1.807, 2.05) is 51.2 Å². The fourth-order valence-corrected chi connectivity index (χ4v) is 7.09. The molecule has 2 aliphatic heterocycles. The zero-order valence-corrected chi connectivity index (χ0v) is 28.7. The van der Waals surface area contributed by atoms with Crippen LogP contribution in [0.15, 0.2) is 59.4 Å². The Hall–Kier alpha value is -4.16. The van der Waals surface area contributed by atoms with Gasteiger partial charge in [-0.2, -0.15) is 0 Å². The number of aromatic nitrogens is 3. The lowest BCUT2D eigenvalue weighted by atomic mass is 9.84. The summed E-state index contributed by atoms with van der Waals surface area (Å²) in [7, 11) is 6.14. The number of ether oxygens (including phenoxy) is 1. The van der Waals surface area contributed by atoms with Gasteiger partial charge >= 0.3 is 6.03 Å². The number of anilines is 1. The molecule has 3 aliphatic rings. The average molecular weight is 643 g/mol. The SMILES string of the molecule is CN=C(C=C(N)C(C)(C)C)NC(=O)N[C@H]1CC[C@@H](Oc2ccc3nnc(N4CCC5(CC4)CN(C)CCN5C)n3c2)c2ccccc21. The van der Waals surface area contributed by atoms with Gasteiger partial charge in [-0.1, -0.05) is 45.0 Å². The molecule has 4 N–H and O–H groups in total. The zero-order chi connectivity index (χ0) is 33.3. The van der Waals surface area contributed by atoms with Crippen LogP contribution >= 0.6 is 0 Å². The summed E-state index contributed by atoms with van der Waals surface area (Å²) < 4.78 is 8.71. The average Bonchev–Trinajstić information content (AvgIpc) is 3.47. The Morgan fingerprint density at radius 3 is 2.51 bits per heavy atom. The first-order chi connectivity index (χ1) is 22.5. The number of piperidine rings is 1. The highest BCUT2D eigenvalue weighted by Gasteiger charge is 2.42. The van der Waals surface area contributed by atoms with E-state index in [-0.39, 0.29) is 29.1 Å². The van der Waals surface area contributed by atoms with Gasteiger partial charge in [0.05, 0.1) is 12.2 Å². The Bertz CT molecular complexity index is 1650. The predicted octanol–water partition coefficient (Wildman–Crippen LogP) is 4.12.